The lowest BCUT2D eigenvalue weighted by molar-refractivity contribution is 0.627. The molecule has 4 nitrogen and oxygen atoms in total. The second-order valence-corrected chi connectivity index (χ2v) is 4.61. The molecule has 96 valence electrons. The topological polar surface area (TPSA) is 41.4 Å². The molecule has 6 heteroatoms. The molecule has 0 saturated carbocycles. The zero-order valence-corrected chi connectivity index (χ0v) is 11.1. The summed E-state index contributed by atoms with van der Waals surface area (Å²) >= 11 is 6.06. The Labute approximate surface area is 114 Å². The van der Waals surface area contributed by atoms with E-state index in [2.05, 4.69) is 15.0 Å². The van der Waals surface area contributed by atoms with Crippen LogP contribution in [-0.4, -0.2) is 22.7 Å². The van der Waals surface area contributed by atoms with Gasteiger partial charge in [-0.15, -0.1) is 0 Å². The lowest BCUT2D eigenvalue weighted by Crippen LogP contribution is -2.13. The Kier molecular flexibility index (Phi) is 2.71. The SMILES string of the molecule is CC1=Nc2c(Cl)ncnc2N(C)c2ccc(F)cc21. The normalized spacial score (nSPS) is 13.5. The minimum absolute atomic E-state index is 0.282. The van der Waals surface area contributed by atoms with E-state index >= 15 is 0 Å². The Bertz CT molecular complexity index is 699. The van der Waals surface area contributed by atoms with Gasteiger partial charge in [0.1, 0.15) is 17.8 Å². The molecule has 0 amide bonds. The highest BCUT2D eigenvalue weighted by atomic mass is 35.5. The molecule has 19 heavy (non-hydrogen) atoms. The van der Waals surface area contributed by atoms with Crippen molar-refractivity contribution in [3.63, 3.8) is 0 Å². The summed E-state index contributed by atoms with van der Waals surface area (Å²) in [5.41, 5.74) is 2.73. The minimum Gasteiger partial charge on any atom is -0.327 e. The molecule has 2 aromatic rings. The maximum atomic E-state index is 13.4. The average molecular weight is 277 g/mol. The maximum Gasteiger partial charge on any atom is 0.163 e. The molecule has 0 atom stereocenters. The quantitative estimate of drug-likeness (QED) is 0.692. The van der Waals surface area contributed by atoms with E-state index < -0.39 is 0 Å². The summed E-state index contributed by atoms with van der Waals surface area (Å²) in [5, 5.41) is 0.282. The van der Waals surface area contributed by atoms with Gasteiger partial charge in [-0.05, 0) is 25.1 Å². The highest BCUT2D eigenvalue weighted by Crippen LogP contribution is 2.39. The number of hydrogen-bond donors (Lipinski definition) is 0. The molecule has 1 aliphatic heterocycles. The predicted octanol–water partition coefficient (Wildman–Crippen LogP) is 3.49. The average Bonchev–Trinajstić information content (AvgIpc) is 2.49. The molecular formula is C13H10ClFN4. The van der Waals surface area contributed by atoms with Crippen LogP contribution in [0.1, 0.15) is 12.5 Å². The van der Waals surface area contributed by atoms with Gasteiger partial charge >= 0.3 is 0 Å². The third-order valence-corrected chi connectivity index (χ3v) is 3.34. The molecule has 1 aromatic carbocycles. The molecule has 0 fully saturated rings. The van der Waals surface area contributed by atoms with Crippen LogP contribution in [0.15, 0.2) is 29.5 Å². The lowest BCUT2D eigenvalue weighted by atomic mass is 10.1. The summed E-state index contributed by atoms with van der Waals surface area (Å²) in [5.74, 6) is 0.301. The summed E-state index contributed by atoms with van der Waals surface area (Å²) < 4.78 is 13.4. The molecule has 3 rings (SSSR count). The van der Waals surface area contributed by atoms with Crippen molar-refractivity contribution in [1.82, 2.24) is 9.97 Å². The van der Waals surface area contributed by atoms with Crippen LogP contribution in [0, 0.1) is 5.82 Å². The molecule has 0 radical (unpaired) electrons. The molecule has 1 aromatic heterocycles. The van der Waals surface area contributed by atoms with Crippen LogP contribution in [0.25, 0.3) is 0 Å². The maximum absolute atomic E-state index is 13.4. The summed E-state index contributed by atoms with van der Waals surface area (Å²) in [6.45, 7) is 1.81. The van der Waals surface area contributed by atoms with Crippen LogP contribution in [0.4, 0.5) is 21.6 Å². The first-order valence-electron chi connectivity index (χ1n) is 5.67. The van der Waals surface area contributed by atoms with Gasteiger partial charge in [-0.25, -0.2) is 19.4 Å². The third kappa shape index (κ3) is 1.86. The molecular weight excluding hydrogens is 267 g/mol. The summed E-state index contributed by atoms with van der Waals surface area (Å²) in [6.07, 6.45) is 1.39. The number of nitrogens with zero attached hydrogens (tertiary/aromatic N) is 4. The largest absolute Gasteiger partial charge is 0.327 e. The molecule has 0 saturated heterocycles. The van der Waals surface area contributed by atoms with Crippen LogP contribution in [0.3, 0.4) is 0 Å². The van der Waals surface area contributed by atoms with Crippen LogP contribution >= 0.6 is 11.6 Å². The van der Waals surface area contributed by atoms with Crippen molar-refractivity contribution >= 4 is 34.5 Å². The Morgan fingerprint density at radius 2 is 2.05 bits per heavy atom. The molecule has 0 bridgehead atoms. The van der Waals surface area contributed by atoms with E-state index in [4.69, 9.17) is 11.6 Å². The lowest BCUT2D eigenvalue weighted by Gasteiger charge is -2.19. The van der Waals surface area contributed by atoms with Gasteiger partial charge < -0.3 is 4.90 Å². The Hall–Kier alpha value is -2.01. The van der Waals surface area contributed by atoms with Crippen molar-refractivity contribution in [3.05, 3.63) is 41.1 Å². The van der Waals surface area contributed by atoms with Gasteiger partial charge in [-0.1, -0.05) is 11.6 Å². The minimum atomic E-state index is -0.301. The standard InChI is InChI=1S/C13H10ClFN4/c1-7-9-5-8(15)3-4-10(9)19(2)13-11(18-7)12(14)16-6-17-13/h3-6H,1-2H3. The number of halogens is 2. The molecule has 0 N–H and O–H groups in total. The van der Waals surface area contributed by atoms with E-state index in [0.29, 0.717) is 17.2 Å². The number of hydrogen-bond acceptors (Lipinski definition) is 4. The second kappa shape index (κ2) is 4.28. The Morgan fingerprint density at radius 1 is 1.26 bits per heavy atom. The van der Waals surface area contributed by atoms with Gasteiger partial charge in [0.25, 0.3) is 0 Å². The molecule has 0 aliphatic carbocycles. The highest BCUT2D eigenvalue weighted by Gasteiger charge is 2.22. The Morgan fingerprint density at radius 3 is 2.84 bits per heavy atom. The molecule has 2 heterocycles. The van der Waals surface area contributed by atoms with E-state index in [1.807, 2.05) is 18.9 Å². The molecule has 0 spiro atoms. The van der Waals surface area contributed by atoms with Crippen LogP contribution in [-0.2, 0) is 0 Å². The van der Waals surface area contributed by atoms with E-state index in [0.717, 1.165) is 11.3 Å². The monoisotopic (exact) mass is 276 g/mol. The van der Waals surface area contributed by atoms with E-state index in [1.54, 1.807) is 6.07 Å². The van der Waals surface area contributed by atoms with Gasteiger partial charge in [0.15, 0.2) is 11.0 Å². The number of benzene rings is 1. The van der Waals surface area contributed by atoms with Gasteiger partial charge in [0, 0.05) is 18.3 Å². The highest BCUT2D eigenvalue weighted by molar-refractivity contribution is 6.32. The fourth-order valence-electron chi connectivity index (χ4n) is 2.12. The van der Waals surface area contributed by atoms with Gasteiger partial charge in [0.05, 0.1) is 5.69 Å². The summed E-state index contributed by atoms with van der Waals surface area (Å²) in [6, 6.07) is 4.57. The first-order valence-corrected chi connectivity index (χ1v) is 6.05. The van der Waals surface area contributed by atoms with Crippen molar-refractivity contribution < 1.29 is 4.39 Å². The fraction of sp³-hybridized carbons (Fsp3) is 0.154. The number of anilines is 2. The van der Waals surface area contributed by atoms with Crippen molar-refractivity contribution in [1.29, 1.82) is 0 Å². The van der Waals surface area contributed by atoms with Crippen LogP contribution in [0.2, 0.25) is 5.15 Å². The smallest absolute Gasteiger partial charge is 0.163 e. The van der Waals surface area contributed by atoms with E-state index in [1.165, 1.54) is 18.5 Å². The van der Waals surface area contributed by atoms with Crippen molar-refractivity contribution in [3.8, 4) is 0 Å². The van der Waals surface area contributed by atoms with Gasteiger partial charge in [-0.2, -0.15) is 0 Å². The number of rotatable bonds is 0. The number of aliphatic imine (C=N–C) groups is 1. The molecule has 0 unspecified atom stereocenters. The van der Waals surface area contributed by atoms with Crippen molar-refractivity contribution in [2.75, 3.05) is 11.9 Å². The second-order valence-electron chi connectivity index (χ2n) is 4.25. The van der Waals surface area contributed by atoms with Crippen LogP contribution in [0.5, 0.6) is 0 Å². The van der Waals surface area contributed by atoms with Gasteiger partial charge in [-0.3, -0.25) is 0 Å². The zero-order chi connectivity index (χ0) is 13.6. The fourth-order valence-corrected chi connectivity index (χ4v) is 2.29. The van der Waals surface area contributed by atoms with Gasteiger partial charge in [0.2, 0.25) is 0 Å². The Balaban J connectivity index is 2.34. The number of fused-ring (bicyclic) bond motifs is 2. The summed E-state index contributed by atoms with van der Waals surface area (Å²) in [7, 11) is 1.84. The summed E-state index contributed by atoms with van der Waals surface area (Å²) in [4.78, 5) is 14.4. The third-order valence-electron chi connectivity index (χ3n) is 3.07. The zero-order valence-electron chi connectivity index (χ0n) is 10.4. The van der Waals surface area contributed by atoms with E-state index in [-0.39, 0.29) is 11.0 Å². The molecule has 1 aliphatic rings. The first kappa shape index (κ1) is 12.0. The van der Waals surface area contributed by atoms with Crippen molar-refractivity contribution in [2.24, 2.45) is 4.99 Å². The van der Waals surface area contributed by atoms with Crippen molar-refractivity contribution in [2.45, 2.75) is 6.92 Å². The van der Waals surface area contributed by atoms with E-state index in [9.17, 15) is 4.39 Å². The van der Waals surface area contributed by atoms with Crippen LogP contribution < -0.4 is 4.90 Å². The first-order chi connectivity index (χ1) is 9.08. The predicted molar refractivity (Wildman–Crippen MR) is 73.4 cm³/mol. The number of aromatic nitrogens is 2.